The van der Waals surface area contributed by atoms with Gasteiger partial charge in [-0.15, -0.1) is 0 Å². The van der Waals surface area contributed by atoms with Gasteiger partial charge in [0.2, 0.25) is 0 Å². The second-order valence-electron chi connectivity index (χ2n) is 10.7. The third kappa shape index (κ3) is 50.4. The standard InChI is InChI=1S/C14H26O4.C8H16O2.C6H10O2.C4H9.H2O.O.Sn/c1-2-3-4-5-8-11-14(17)18-12-9-6-7-10-13(15)16;1-2-3-4-5-6-7-8(9)10;7-6-4-2-1-3-5-8-6;1-3-4-2;;;/h2-12H2,1H3,(H,15,16);2-7H2,1H3,(H,9,10);1-5H2;1,3-4H2,2H3;1H2;;/q;;;;;;+1/p-1. The molecule has 0 bridgehead atoms. The Hall–Kier alpha value is -1.56. The van der Waals surface area contributed by atoms with Crippen LogP contribution in [-0.4, -0.2) is 70.9 Å². The second-order valence-corrected chi connectivity index (χ2v) is 14.4. The van der Waals surface area contributed by atoms with Crippen molar-refractivity contribution < 1.29 is 45.4 Å². The molecule has 1 rings (SSSR count). The molecule has 0 aromatic rings. The molecule has 1 fully saturated rings. The van der Waals surface area contributed by atoms with Crippen LogP contribution < -0.4 is 0 Å². The first kappa shape index (κ1) is 45.9. The summed E-state index contributed by atoms with van der Waals surface area (Å²) in [6, 6.07) is 0. The van der Waals surface area contributed by atoms with Crippen molar-refractivity contribution in [3.8, 4) is 0 Å². The van der Waals surface area contributed by atoms with E-state index < -0.39 is 32.1 Å². The van der Waals surface area contributed by atoms with E-state index in [4.69, 9.17) is 23.1 Å². The Labute approximate surface area is 268 Å². The molecule has 1 heterocycles. The minimum atomic E-state index is -2.89. The molecule has 10 nitrogen and oxygen atoms in total. The first-order chi connectivity index (χ1) is 20.6. The summed E-state index contributed by atoms with van der Waals surface area (Å²) in [7, 11) is 0. The SMILES string of the molecule is CCCCCCCC(=O)O.CCCCCCCC(=O)OCCCCCC(=O)O.CCC[CH2][Sn](=[O])[OH].O=C1CCCCCO1. The van der Waals surface area contributed by atoms with Crippen LogP contribution >= 0.6 is 0 Å². The molecule has 1 aliphatic heterocycles. The Balaban J connectivity index is -0.000000539. The summed E-state index contributed by atoms with van der Waals surface area (Å²) in [5, 5.41) is 16.7. The molecular weight excluding hydrogens is 663 g/mol. The molecule has 43 heavy (non-hydrogen) atoms. The van der Waals surface area contributed by atoms with Crippen molar-refractivity contribution in [2.75, 3.05) is 13.2 Å². The monoisotopic (exact) mass is 726 g/mol. The number of carbonyl (C=O) groups excluding carboxylic acids is 2. The van der Waals surface area contributed by atoms with Gasteiger partial charge in [-0.05, 0) is 51.4 Å². The van der Waals surface area contributed by atoms with Gasteiger partial charge in [0, 0.05) is 25.7 Å². The molecule has 0 amide bonds. The predicted octanol–water partition coefficient (Wildman–Crippen LogP) is 7.77. The van der Waals surface area contributed by atoms with Crippen molar-refractivity contribution in [3.05, 3.63) is 0 Å². The molecule has 0 aromatic carbocycles. The third-order valence-electron chi connectivity index (χ3n) is 6.31. The largest absolute Gasteiger partial charge is 0.466 e. The summed E-state index contributed by atoms with van der Waals surface area (Å²) in [4.78, 5) is 42.0. The Bertz CT molecular complexity index is 675. The van der Waals surface area contributed by atoms with Crippen molar-refractivity contribution in [2.24, 2.45) is 0 Å². The van der Waals surface area contributed by atoms with Gasteiger partial charge in [-0.1, -0.05) is 65.2 Å². The number of carboxylic acids is 2. The van der Waals surface area contributed by atoms with Crippen LogP contribution in [0.3, 0.4) is 0 Å². The normalized spacial score (nSPS) is 12.0. The average molecular weight is 726 g/mol. The number of hydrogen-bond donors (Lipinski definition) is 3. The number of rotatable bonds is 21. The van der Waals surface area contributed by atoms with E-state index >= 15 is 0 Å². The van der Waals surface area contributed by atoms with Gasteiger partial charge in [-0.25, -0.2) is 0 Å². The molecule has 3 N–H and O–H groups in total. The zero-order chi connectivity index (χ0) is 33.0. The Kier molecular flexibility index (Phi) is 41.0. The van der Waals surface area contributed by atoms with Gasteiger partial charge in [0.15, 0.2) is 0 Å². The van der Waals surface area contributed by atoms with Gasteiger partial charge >= 0.3 is 74.8 Å². The molecule has 0 radical (unpaired) electrons. The fraction of sp³-hybridized carbons (Fsp3) is 0.875. The van der Waals surface area contributed by atoms with E-state index in [1.165, 1.54) is 38.5 Å². The number of aliphatic carboxylic acids is 2. The van der Waals surface area contributed by atoms with Crippen molar-refractivity contribution in [3.63, 3.8) is 0 Å². The van der Waals surface area contributed by atoms with Gasteiger partial charge in [-0.3, -0.25) is 19.2 Å². The molecule has 0 saturated carbocycles. The number of ether oxygens (including phenoxy) is 2. The molecule has 1 saturated heterocycles. The van der Waals surface area contributed by atoms with E-state index in [0.29, 0.717) is 43.3 Å². The number of cyclic esters (lactones) is 1. The van der Waals surface area contributed by atoms with Crippen LogP contribution in [0, 0.1) is 0 Å². The molecule has 0 unspecified atom stereocenters. The molecule has 0 spiro atoms. The van der Waals surface area contributed by atoms with E-state index in [0.717, 1.165) is 70.6 Å². The first-order valence-electron chi connectivity index (χ1n) is 16.6. The number of esters is 2. The summed E-state index contributed by atoms with van der Waals surface area (Å²) >= 11 is -2.89. The van der Waals surface area contributed by atoms with Crippen molar-refractivity contribution in [2.45, 2.75) is 166 Å². The maximum Gasteiger partial charge on any atom is 0.305 e. The summed E-state index contributed by atoms with van der Waals surface area (Å²) in [5.41, 5.74) is 0. The van der Waals surface area contributed by atoms with Crippen LogP contribution in [0.25, 0.3) is 0 Å². The fourth-order valence-electron chi connectivity index (χ4n) is 3.70. The van der Waals surface area contributed by atoms with E-state index in [1.54, 1.807) is 0 Å². The van der Waals surface area contributed by atoms with Crippen LogP contribution in [0.4, 0.5) is 0 Å². The van der Waals surface area contributed by atoms with Crippen molar-refractivity contribution in [1.29, 1.82) is 0 Å². The minimum absolute atomic E-state index is 0.0255. The Morgan fingerprint density at radius 2 is 1.19 bits per heavy atom. The maximum absolute atomic E-state index is 11.3. The zero-order valence-corrected chi connectivity index (χ0v) is 30.2. The van der Waals surface area contributed by atoms with Gasteiger partial charge in [0.25, 0.3) is 0 Å². The second kappa shape index (κ2) is 38.5. The molecule has 0 atom stereocenters. The van der Waals surface area contributed by atoms with Gasteiger partial charge in [0.1, 0.15) is 0 Å². The minimum Gasteiger partial charge on any atom is -0.466 e. The molecule has 1 aliphatic rings. The Morgan fingerprint density at radius 3 is 1.65 bits per heavy atom. The topological polar surface area (TPSA) is 164 Å². The van der Waals surface area contributed by atoms with Gasteiger partial charge < -0.3 is 19.7 Å². The van der Waals surface area contributed by atoms with Gasteiger partial charge in [-0.2, -0.15) is 0 Å². The molecule has 254 valence electrons. The molecule has 0 aromatic heterocycles. The maximum atomic E-state index is 11.3. The van der Waals surface area contributed by atoms with Crippen molar-refractivity contribution in [1.82, 2.24) is 0 Å². The van der Waals surface area contributed by atoms with Crippen LogP contribution in [0.15, 0.2) is 0 Å². The van der Waals surface area contributed by atoms with Crippen LogP contribution in [0.2, 0.25) is 4.44 Å². The quantitative estimate of drug-likeness (QED) is 0.0605. The summed E-state index contributed by atoms with van der Waals surface area (Å²) < 4.78 is 28.8. The van der Waals surface area contributed by atoms with E-state index in [-0.39, 0.29) is 18.4 Å². The fourth-order valence-corrected chi connectivity index (χ4v) is 5.57. The molecular formula is C32H62O10Sn. The summed E-state index contributed by atoms with van der Waals surface area (Å²) in [5.74, 6) is -1.58. The molecule has 0 aliphatic carbocycles. The third-order valence-corrected chi connectivity index (χ3v) is 8.54. The first-order valence-corrected chi connectivity index (χ1v) is 21.0. The number of hydrogen-bond acceptors (Lipinski definition) is 7. The number of unbranched alkanes of at least 4 members (excludes halogenated alkanes) is 11. The number of carboxylic acid groups (broad SMARTS) is 2. The smallest absolute Gasteiger partial charge is 0.305 e. The van der Waals surface area contributed by atoms with E-state index in [1.807, 2.05) is 6.92 Å². The van der Waals surface area contributed by atoms with Crippen LogP contribution in [0.1, 0.15) is 162 Å². The zero-order valence-electron chi connectivity index (χ0n) is 27.4. The molecule has 11 heteroatoms. The Morgan fingerprint density at radius 1 is 0.698 bits per heavy atom. The number of carbonyl (C=O) groups is 4. The van der Waals surface area contributed by atoms with Crippen molar-refractivity contribution >= 4 is 44.0 Å². The van der Waals surface area contributed by atoms with E-state index in [2.05, 4.69) is 13.8 Å². The van der Waals surface area contributed by atoms with Gasteiger partial charge in [0.05, 0.1) is 13.2 Å². The van der Waals surface area contributed by atoms with Crippen LogP contribution in [-0.2, 0) is 31.7 Å². The van der Waals surface area contributed by atoms with Crippen LogP contribution in [0.5, 0.6) is 0 Å². The average Bonchev–Trinajstić information content (AvgIpc) is 3.21. The van der Waals surface area contributed by atoms with E-state index in [9.17, 15) is 22.3 Å². The summed E-state index contributed by atoms with van der Waals surface area (Å²) in [6.07, 6.45) is 20.3. The summed E-state index contributed by atoms with van der Waals surface area (Å²) in [6.45, 7) is 7.40. The predicted molar refractivity (Wildman–Crippen MR) is 169 cm³/mol.